The molecule has 4 saturated carbocycles. The fraction of sp³-hybridized carbons (Fsp3) is 0.929. The van der Waals surface area contributed by atoms with Gasteiger partial charge in [-0.1, -0.05) is 60.1 Å². The van der Waals surface area contributed by atoms with E-state index in [1.807, 2.05) is 0 Å². The molecule has 16 heteroatoms. The molecule has 16 nitrogen and oxygen atoms in total. The van der Waals surface area contributed by atoms with E-state index in [0.29, 0.717) is 44.9 Å². The van der Waals surface area contributed by atoms with E-state index in [4.69, 9.17) is 18.9 Å². The summed E-state index contributed by atoms with van der Waals surface area (Å²) in [6.45, 7) is 13.7. The molecule has 21 unspecified atom stereocenters. The van der Waals surface area contributed by atoms with E-state index in [9.17, 15) is 61.0 Å². The van der Waals surface area contributed by atoms with Gasteiger partial charge in [-0.25, -0.2) is 4.79 Å². The van der Waals surface area contributed by atoms with Crippen LogP contribution in [-0.2, 0) is 23.7 Å². The third-order valence-corrected chi connectivity index (χ3v) is 17.4. The van der Waals surface area contributed by atoms with E-state index in [1.165, 1.54) is 0 Å². The quantitative estimate of drug-likeness (QED) is 0.117. The first-order valence-corrected chi connectivity index (χ1v) is 21.1. The highest BCUT2D eigenvalue weighted by Gasteiger charge is 2.74. The lowest BCUT2D eigenvalue weighted by atomic mass is 9.32. The van der Waals surface area contributed by atoms with Crippen molar-refractivity contribution >= 4 is 5.97 Å². The largest absolute Gasteiger partial charge is 0.479 e. The fourth-order valence-corrected chi connectivity index (χ4v) is 14.0. The first-order chi connectivity index (χ1) is 26.9. The molecule has 11 N–H and O–H groups in total. The van der Waals surface area contributed by atoms with Gasteiger partial charge >= 0.3 is 5.97 Å². The first-order valence-electron chi connectivity index (χ1n) is 21.1. The number of aliphatic hydroxyl groups is 10. The summed E-state index contributed by atoms with van der Waals surface area (Å²) in [7, 11) is 0. The minimum atomic E-state index is -1.98. The predicted molar refractivity (Wildman–Crippen MR) is 202 cm³/mol. The fourth-order valence-electron chi connectivity index (χ4n) is 14.0. The van der Waals surface area contributed by atoms with E-state index >= 15 is 0 Å². The summed E-state index contributed by atoms with van der Waals surface area (Å²) >= 11 is 0. The van der Waals surface area contributed by atoms with Crippen molar-refractivity contribution in [3.63, 3.8) is 0 Å². The minimum Gasteiger partial charge on any atom is -0.479 e. The van der Waals surface area contributed by atoms with Gasteiger partial charge in [-0.2, -0.15) is 0 Å². The molecule has 5 aliphatic carbocycles. The Bertz CT molecular complexity index is 1590. The summed E-state index contributed by atoms with van der Waals surface area (Å²) in [5.41, 5.74) is -2.81. The average Bonchev–Trinajstić information content (AvgIpc) is 3.14. The summed E-state index contributed by atoms with van der Waals surface area (Å²) in [6.07, 6.45) is -15.1. The van der Waals surface area contributed by atoms with Crippen LogP contribution in [0, 0.1) is 50.2 Å². The number of allylic oxidation sites excluding steroid dienone is 1. The topological polar surface area (TPSA) is 277 Å². The summed E-state index contributed by atoms with van der Waals surface area (Å²) < 4.78 is 23.9. The lowest BCUT2D eigenvalue weighted by Crippen LogP contribution is -2.74. The van der Waals surface area contributed by atoms with Gasteiger partial charge in [0.1, 0.15) is 42.7 Å². The number of carboxylic acids is 1. The van der Waals surface area contributed by atoms with Crippen LogP contribution in [0.15, 0.2) is 11.6 Å². The van der Waals surface area contributed by atoms with Crippen LogP contribution in [0.2, 0.25) is 0 Å². The molecule has 6 fully saturated rings. The van der Waals surface area contributed by atoms with Gasteiger partial charge in [-0.15, -0.1) is 0 Å². The van der Waals surface area contributed by atoms with Crippen molar-refractivity contribution in [3.8, 4) is 0 Å². The molecule has 21 atom stereocenters. The number of fused-ring (bicyclic) bond motifs is 7. The summed E-state index contributed by atoms with van der Waals surface area (Å²) in [4.78, 5) is 12.2. The number of carbonyl (C=O) groups is 1. The number of rotatable bonds is 7. The van der Waals surface area contributed by atoms with Crippen LogP contribution in [0.25, 0.3) is 0 Å². The first kappa shape index (κ1) is 44.7. The maximum absolute atomic E-state index is 12.3. The Morgan fingerprint density at radius 1 is 0.759 bits per heavy atom. The van der Waals surface area contributed by atoms with Gasteiger partial charge in [-0.05, 0) is 84.4 Å². The van der Waals surface area contributed by atoms with Gasteiger partial charge in [0.2, 0.25) is 0 Å². The Kier molecular flexibility index (Phi) is 11.5. The van der Waals surface area contributed by atoms with Crippen LogP contribution in [0.5, 0.6) is 0 Å². The highest BCUT2D eigenvalue weighted by molar-refractivity contribution is 5.73. The molecule has 2 heterocycles. The third-order valence-electron chi connectivity index (χ3n) is 17.4. The number of ether oxygens (including phenoxy) is 4. The van der Waals surface area contributed by atoms with Crippen LogP contribution in [0.1, 0.15) is 93.4 Å². The van der Waals surface area contributed by atoms with Crippen LogP contribution in [0.3, 0.4) is 0 Å². The molecule has 0 spiro atoms. The molecule has 0 aromatic carbocycles. The Hall–Kier alpha value is -1.35. The highest BCUT2D eigenvalue weighted by atomic mass is 16.8. The molecule has 7 rings (SSSR count). The zero-order valence-electron chi connectivity index (χ0n) is 34.7. The molecule has 0 bridgehead atoms. The van der Waals surface area contributed by atoms with E-state index < -0.39 is 127 Å². The second kappa shape index (κ2) is 14.9. The summed E-state index contributed by atoms with van der Waals surface area (Å²) in [6, 6.07) is 0. The standard InChI is InChI=1S/C42H68O16/c1-37(2)14-19-18-8-9-22-39(5)12-11-24(38(3,4)21(39)10-13-40(22,6)41(18,7)32(51)33(52)42(19,17-44)23(45)15-37)56-36-31(28(49)27(48)30(57-36)34(53)54)58-35-29(50)26(47)25(46)20(16-43)55-35/h8,19-33,35-36,43-52H,9-17H2,1-7H3,(H,53,54). The summed E-state index contributed by atoms with van der Waals surface area (Å²) in [5, 5.41) is 120. The lowest BCUT2D eigenvalue weighted by molar-refractivity contribution is -0.374. The van der Waals surface area contributed by atoms with Crippen molar-refractivity contribution < 1.29 is 79.9 Å². The Morgan fingerprint density at radius 3 is 2.05 bits per heavy atom. The SMILES string of the molecule is CC1(C)CC(O)C2(CO)C(C1)C1=CCC3C4(C)CCC(OC5OC(C(=O)O)C(O)C(O)C5OC5OC(CO)C(O)C(O)C5O)C(C)(C)C4CCC3(C)C1(C)C(O)C2O. The molecular weight excluding hydrogens is 760 g/mol. The molecule has 0 aromatic heterocycles. The number of hydrogen-bond acceptors (Lipinski definition) is 15. The van der Waals surface area contributed by atoms with Gasteiger partial charge in [0.05, 0.1) is 43.0 Å². The molecule has 2 aliphatic heterocycles. The van der Waals surface area contributed by atoms with Crippen LogP contribution in [-0.4, -0.2) is 161 Å². The van der Waals surface area contributed by atoms with Crippen molar-refractivity contribution in [2.45, 2.75) is 179 Å². The van der Waals surface area contributed by atoms with Crippen LogP contribution in [0.4, 0.5) is 0 Å². The molecular formula is C42H68O16. The van der Waals surface area contributed by atoms with Crippen molar-refractivity contribution in [1.29, 1.82) is 0 Å². The van der Waals surface area contributed by atoms with Crippen molar-refractivity contribution in [2.24, 2.45) is 50.2 Å². The van der Waals surface area contributed by atoms with E-state index in [0.717, 1.165) is 5.57 Å². The second-order valence-electron chi connectivity index (χ2n) is 21.0. The number of aliphatic hydroxyl groups excluding tert-OH is 10. The highest BCUT2D eigenvalue weighted by Crippen LogP contribution is 2.76. The molecule has 2 saturated heterocycles. The maximum Gasteiger partial charge on any atom is 0.335 e. The maximum atomic E-state index is 12.3. The number of carboxylic acid groups (broad SMARTS) is 1. The van der Waals surface area contributed by atoms with Gasteiger partial charge < -0.3 is 75.1 Å². The van der Waals surface area contributed by atoms with E-state index in [-0.39, 0.29) is 28.6 Å². The normalized spacial score (nSPS) is 54.9. The smallest absolute Gasteiger partial charge is 0.335 e. The Morgan fingerprint density at radius 2 is 1.43 bits per heavy atom. The number of hydrogen-bond donors (Lipinski definition) is 11. The van der Waals surface area contributed by atoms with E-state index in [2.05, 4.69) is 54.5 Å². The van der Waals surface area contributed by atoms with E-state index in [1.54, 1.807) is 0 Å². The monoisotopic (exact) mass is 828 g/mol. The van der Waals surface area contributed by atoms with Gasteiger partial charge in [0.25, 0.3) is 0 Å². The van der Waals surface area contributed by atoms with Gasteiger partial charge in [0.15, 0.2) is 18.7 Å². The van der Waals surface area contributed by atoms with Gasteiger partial charge in [-0.3, -0.25) is 0 Å². The predicted octanol–water partition coefficient (Wildman–Crippen LogP) is -0.206. The molecule has 58 heavy (non-hydrogen) atoms. The second-order valence-corrected chi connectivity index (χ2v) is 21.0. The van der Waals surface area contributed by atoms with Crippen molar-refractivity contribution in [3.05, 3.63) is 11.6 Å². The molecule has 0 aromatic rings. The summed E-state index contributed by atoms with van der Waals surface area (Å²) in [5.74, 6) is -1.82. The zero-order valence-corrected chi connectivity index (χ0v) is 34.7. The Balaban J connectivity index is 1.18. The average molecular weight is 829 g/mol. The minimum absolute atomic E-state index is 0.0205. The third kappa shape index (κ3) is 6.17. The molecule has 0 radical (unpaired) electrons. The van der Waals surface area contributed by atoms with Gasteiger partial charge in [0, 0.05) is 5.41 Å². The van der Waals surface area contributed by atoms with Crippen molar-refractivity contribution in [2.75, 3.05) is 13.2 Å². The zero-order chi connectivity index (χ0) is 42.9. The number of aliphatic carboxylic acids is 1. The lowest BCUT2D eigenvalue weighted by Gasteiger charge is -2.73. The van der Waals surface area contributed by atoms with Crippen LogP contribution >= 0.6 is 0 Å². The Labute approximate surface area is 339 Å². The van der Waals surface area contributed by atoms with Crippen LogP contribution < -0.4 is 0 Å². The molecule has 332 valence electrons. The molecule has 7 aliphatic rings. The molecule has 0 amide bonds. The van der Waals surface area contributed by atoms with Crippen molar-refractivity contribution in [1.82, 2.24) is 0 Å².